The Morgan fingerprint density at radius 2 is 2.19 bits per heavy atom. The molecular formula is C12H24N2OS. The van der Waals surface area contributed by atoms with Gasteiger partial charge in [-0.15, -0.1) is 0 Å². The van der Waals surface area contributed by atoms with Crippen molar-refractivity contribution >= 4 is 17.7 Å². The number of nitrogens with one attached hydrogen (secondary N) is 1. The number of carbonyl (C=O) groups excluding carboxylic acids is 1. The van der Waals surface area contributed by atoms with Crippen molar-refractivity contribution < 1.29 is 4.79 Å². The van der Waals surface area contributed by atoms with E-state index in [1.807, 2.05) is 16.7 Å². The molecule has 1 fully saturated rings. The molecule has 1 heterocycles. The maximum atomic E-state index is 12.2. The monoisotopic (exact) mass is 244 g/mol. The van der Waals surface area contributed by atoms with Crippen LogP contribution in [0.3, 0.4) is 0 Å². The van der Waals surface area contributed by atoms with Gasteiger partial charge >= 0.3 is 0 Å². The average molecular weight is 244 g/mol. The lowest BCUT2D eigenvalue weighted by Crippen LogP contribution is -2.53. The zero-order chi connectivity index (χ0) is 12.1. The van der Waals surface area contributed by atoms with Gasteiger partial charge in [0.1, 0.15) is 0 Å². The van der Waals surface area contributed by atoms with E-state index in [9.17, 15) is 4.79 Å². The van der Waals surface area contributed by atoms with Gasteiger partial charge in [-0.2, -0.15) is 11.8 Å². The van der Waals surface area contributed by atoms with Gasteiger partial charge in [0, 0.05) is 24.4 Å². The molecule has 1 N–H and O–H groups in total. The zero-order valence-corrected chi connectivity index (χ0v) is 11.6. The molecule has 1 amide bonds. The highest BCUT2D eigenvalue weighted by atomic mass is 32.2. The normalized spacial score (nSPS) is 23.9. The van der Waals surface area contributed by atoms with Crippen LogP contribution in [0.2, 0.25) is 0 Å². The highest BCUT2D eigenvalue weighted by molar-refractivity contribution is 7.99. The fraction of sp³-hybridized carbons (Fsp3) is 0.917. The van der Waals surface area contributed by atoms with E-state index in [2.05, 4.69) is 32.3 Å². The number of thioether (sulfide) groups is 1. The third-order valence-electron chi connectivity index (χ3n) is 2.94. The first-order chi connectivity index (χ1) is 7.54. The van der Waals surface area contributed by atoms with Gasteiger partial charge in [0.05, 0.1) is 6.04 Å². The molecule has 3 nitrogen and oxygen atoms in total. The topological polar surface area (TPSA) is 32.3 Å². The standard InChI is InChI=1S/C12H24N2OS/c1-9(2)13-11-6-5-7-14(12(11)15)8-10(3)16-4/h9-11,13H,5-8H2,1-4H3. The molecule has 94 valence electrons. The molecular weight excluding hydrogens is 220 g/mol. The number of hydrogen-bond donors (Lipinski definition) is 1. The summed E-state index contributed by atoms with van der Waals surface area (Å²) in [6.45, 7) is 8.18. The molecule has 2 unspecified atom stereocenters. The second-order valence-corrected chi connectivity index (χ2v) is 6.12. The predicted molar refractivity (Wildman–Crippen MR) is 70.9 cm³/mol. The second-order valence-electron chi connectivity index (χ2n) is 4.85. The Kier molecular flexibility index (Phi) is 5.62. The molecule has 0 aromatic rings. The van der Waals surface area contributed by atoms with Crippen LogP contribution in [-0.2, 0) is 4.79 Å². The van der Waals surface area contributed by atoms with Crippen LogP contribution in [0.1, 0.15) is 33.6 Å². The Hall–Kier alpha value is -0.220. The highest BCUT2D eigenvalue weighted by Crippen LogP contribution is 2.15. The van der Waals surface area contributed by atoms with Gasteiger partial charge in [0.15, 0.2) is 0 Å². The molecule has 0 bridgehead atoms. The van der Waals surface area contributed by atoms with E-state index < -0.39 is 0 Å². The van der Waals surface area contributed by atoms with Gasteiger partial charge in [-0.05, 0) is 19.1 Å². The molecule has 1 saturated heterocycles. The predicted octanol–water partition coefficient (Wildman–Crippen LogP) is 1.73. The van der Waals surface area contributed by atoms with Crippen molar-refractivity contribution in [2.75, 3.05) is 19.3 Å². The Labute approximate surface area is 103 Å². The van der Waals surface area contributed by atoms with Crippen molar-refractivity contribution in [1.82, 2.24) is 10.2 Å². The molecule has 0 aromatic heterocycles. The van der Waals surface area contributed by atoms with E-state index in [1.54, 1.807) is 0 Å². The number of amides is 1. The van der Waals surface area contributed by atoms with Gasteiger partial charge in [-0.25, -0.2) is 0 Å². The smallest absolute Gasteiger partial charge is 0.239 e. The summed E-state index contributed by atoms with van der Waals surface area (Å²) in [6.07, 6.45) is 4.21. The van der Waals surface area contributed by atoms with E-state index >= 15 is 0 Å². The molecule has 1 aliphatic rings. The van der Waals surface area contributed by atoms with E-state index in [1.165, 1.54) is 0 Å². The quantitative estimate of drug-likeness (QED) is 0.799. The summed E-state index contributed by atoms with van der Waals surface area (Å²) in [5, 5.41) is 3.88. The molecule has 4 heteroatoms. The summed E-state index contributed by atoms with van der Waals surface area (Å²) in [7, 11) is 0. The Morgan fingerprint density at radius 3 is 2.75 bits per heavy atom. The highest BCUT2D eigenvalue weighted by Gasteiger charge is 2.29. The van der Waals surface area contributed by atoms with Crippen LogP contribution in [0.15, 0.2) is 0 Å². The summed E-state index contributed by atoms with van der Waals surface area (Å²) < 4.78 is 0. The minimum atomic E-state index is 0.0443. The first-order valence-corrected chi connectivity index (χ1v) is 7.41. The number of likely N-dealkylation sites (tertiary alicyclic amines) is 1. The van der Waals surface area contributed by atoms with Crippen molar-refractivity contribution in [1.29, 1.82) is 0 Å². The number of piperidine rings is 1. The number of rotatable bonds is 5. The van der Waals surface area contributed by atoms with Crippen molar-refractivity contribution in [3.05, 3.63) is 0 Å². The number of carbonyl (C=O) groups is 1. The Morgan fingerprint density at radius 1 is 1.50 bits per heavy atom. The SMILES string of the molecule is CSC(C)CN1CCCC(NC(C)C)C1=O. The Bertz CT molecular complexity index is 233. The fourth-order valence-corrected chi connectivity index (χ4v) is 2.39. The molecule has 0 saturated carbocycles. The molecule has 2 atom stereocenters. The number of hydrogen-bond acceptors (Lipinski definition) is 3. The first kappa shape index (κ1) is 13.8. The number of nitrogens with zero attached hydrogens (tertiary/aromatic N) is 1. The van der Waals surface area contributed by atoms with Crippen molar-refractivity contribution in [3.63, 3.8) is 0 Å². The van der Waals surface area contributed by atoms with E-state index in [4.69, 9.17) is 0 Å². The van der Waals surface area contributed by atoms with Crippen LogP contribution in [0.25, 0.3) is 0 Å². The van der Waals surface area contributed by atoms with Crippen LogP contribution in [0, 0.1) is 0 Å². The third-order valence-corrected chi connectivity index (χ3v) is 3.90. The van der Waals surface area contributed by atoms with Crippen molar-refractivity contribution in [3.8, 4) is 0 Å². The molecule has 1 rings (SSSR count). The molecule has 0 radical (unpaired) electrons. The van der Waals surface area contributed by atoms with Gasteiger partial charge in [0.25, 0.3) is 0 Å². The van der Waals surface area contributed by atoms with Gasteiger partial charge in [-0.3, -0.25) is 4.79 Å². The van der Waals surface area contributed by atoms with Crippen LogP contribution >= 0.6 is 11.8 Å². The van der Waals surface area contributed by atoms with Gasteiger partial charge in [0.2, 0.25) is 5.91 Å². The minimum Gasteiger partial charge on any atom is -0.340 e. The lowest BCUT2D eigenvalue weighted by molar-refractivity contribution is -0.136. The first-order valence-electron chi connectivity index (χ1n) is 6.12. The second kappa shape index (κ2) is 6.50. The van der Waals surface area contributed by atoms with E-state index in [0.29, 0.717) is 17.2 Å². The summed E-state index contributed by atoms with van der Waals surface area (Å²) >= 11 is 1.82. The molecule has 0 aliphatic carbocycles. The molecule has 1 aliphatic heterocycles. The van der Waals surface area contributed by atoms with Crippen LogP contribution < -0.4 is 5.32 Å². The van der Waals surface area contributed by atoms with Crippen molar-refractivity contribution in [2.24, 2.45) is 0 Å². The fourth-order valence-electron chi connectivity index (χ4n) is 2.06. The largest absolute Gasteiger partial charge is 0.340 e. The summed E-state index contributed by atoms with van der Waals surface area (Å²) in [5.41, 5.74) is 0. The molecule has 16 heavy (non-hydrogen) atoms. The zero-order valence-electron chi connectivity index (χ0n) is 10.8. The lowest BCUT2D eigenvalue weighted by atomic mass is 10.0. The van der Waals surface area contributed by atoms with Crippen LogP contribution in [-0.4, -0.2) is 47.5 Å². The third kappa shape index (κ3) is 3.98. The summed E-state index contributed by atoms with van der Waals surface area (Å²) in [6, 6.07) is 0.426. The molecule has 0 spiro atoms. The van der Waals surface area contributed by atoms with Crippen LogP contribution in [0.5, 0.6) is 0 Å². The average Bonchev–Trinajstić information content (AvgIpc) is 2.23. The maximum absolute atomic E-state index is 12.2. The van der Waals surface area contributed by atoms with E-state index in [-0.39, 0.29) is 6.04 Å². The molecule has 0 aromatic carbocycles. The van der Waals surface area contributed by atoms with Crippen LogP contribution in [0.4, 0.5) is 0 Å². The van der Waals surface area contributed by atoms with E-state index in [0.717, 1.165) is 25.9 Å². The van der Waals surface area contributed by atoms with Crippen molar-refractivity contribution in [2.45, 2.75) is 50.9 Å². The summed E-state index contributed by atoms with van der Waals surface area (Å²) in [5.74, 6) is 0.292. The minimum absolute atomic E-state index is 0.0443. The maximum Gasteiger partial charge on any atom is 0.239 e. The van der Waals surface area contributed by atoms with Gasteiger partial charge in [-0.1, -0.05) is 20.8 Å². The summed E-state index contributed by atoms with van der Waals surface area (Å²) in [4.78, 5) is 14.2. The Balaban J connectivity index is 2.50. The van der Waals surface area contributed by atoms with Gasteiger partial charge < -0.3 is 10.2 Å². The lowest BCUT2D eigenvalue weighted by Gasteiger charge is -2.34.